The SMILES string of the molecule is CCC1CC(C(=O)O)C(C(=O)NC(C)COC)C1. The third kappa shape index (κ3) is 3.70. The van der Waals surface area contributed by atoms with E-state index in [0.717, 1.165) is 6.42 Å². The first kappa shape index (κ1) is 15.0. The molecule has 1 rings (SSSR count). The zero-order valence-corrected chi connectivity index (χ0v) is 11.3. The van der Waals surface area contributed by atoms with Gasteiger partial charge < -0.3 is 15.2 Å². The molecule has 5 heteroatoms. The number of nitrogens with one attached hydrogen (secondary N) is 1. The summed E-state index contributed by atoms with van der Waals surface area (Å²) in [5.41, 5.74) is 0. The highest BCUT2D eigenvalue weighted by Crippen LogP contribution is 2.38. The maximum absolute atomic E-state index is 12.1. The van der Waals surface area contributed by atoms with Gasteiger partial charge in [-0.25, -0.2) is 0 Å². The van der Waals surface area contributed by atoms with Gasteiger partial charge >= 0.3 is 5.97 Å². The summed E-state index contributed by atoms with van der Waals surface area (Å²) in [5, 5.41) is 12.0. The zero-order valence-electron chi connectivity index (χ0n) is 11.3. The lowest BCUT2D eigenvalue weighted by Gasteiger charge is -2.19. The van der Waals surface area contributed by atoms with E-state index >= 15 is 0 Å². The standard InChI is InChI=1S/C13H23NO4/c1-4-9-5-10(11(6-9)13(16)17)12(15)14-8(2)7-18-3/h8-11H,4-7H2,1-3H3,(H,14,15)(H,16,17). The molecule has 1 amide bonds. The molecule has 1 aliphatic carbocycles. The summed E-state index contributed by atoms with van der Waals surface area (Å²) in [6, 6.07) is -0.0855. The molecule has 104 valence electrons. The van der Waals surface area contributed by atoms with Crippen LogP contribution in [0.4, 0.5) is 0 Å². The van der Waals surface area contributed by atoms with E-state index < -0.39 is 17.8 Å². The van der Waals surface area contributed by atoms with E-state index in [0.29, 0.717) is 25.4 Å². The molecule has 0 aromatic rings. The Hall–Kier alpha value is -1.10. The van der Waals surface area contributed by atoms with Crippen LogP contribution in [0.1, 0.15) is 33.1 Å². The summed E-state index contributed by atoms with van der Waals surface area (Å²) >= 11 is 0. The van der Waals surface area contributed by atoms with Gasteiger partial charge in [-0.2, -0.15) is 0 Å². The number of amides is 1. The van der Waals surface area contributed by atoms with Crippen LogP contribution in [0.2, 0.25) is 0 Å². The second-order valence-corrected chi connectivity index (χ2v) is 5.16. The zero-order chi connectivity index (χ0) is 13.7. The highest BCUT2D eigenvalue weighted by Gasteiger charge is 2.42. The Bertz CT molecular complexity index is 305. The fourth-order valence-corrected chi connectivity index (χ4v) is 2.68. The van der Waals surface area contributed by atoms with Crippen molar-refractivity contribution < 1.29 is 19.4 Å². The Balaban J connectivity index is 2.62. The first-order chi connectivity index (χ1) is 8.49. The minimum Gasteiger partial charge on any atom is -0.481 e. The van der Waals surface area contributed by atoms with Gasteiger partial charge in [0.05, 0.1) is 18.4 Å². The van der Waals surface area contributed by atoms with Crippen molar-refractivity contribution in [1.29, 1.82) is 0 Å². The first-order valence-corrected chi connectivity index (χ1v) is 6.51. The van der Waals surface area contributed by atoms with E-state index in [2.05, 4.69) is 5.32 Å². The van der Waals surface area contributed by atoms with Crippen molar-refractivity contribution in [3.05, 3.63) is 0 Å². The average Bonchev–Trinajstić information content (AvgIpc) is 2.73. The predicted octanol–water partition coefficient (Wildman–Crippen LogP) is 1.27. The van der Waals surface area contributed by atoms with Crippen molar-refractivity contribution in [2.24, 2.45) is 17.8 Å². The topological polar surface area (TPSA) is 75.6 Å². The lowest BCUT2D eigenvalue weighted by Crippen LogP contribution is -2.41. The third-order valence-corrected chi connectivity index (χ3v) is 3.70. The second kappa shape index (κ2) is 6.73. The summed E-state index contributed by atoms with van der Waals surface area (Å²) in [4.78, 5) is 23.3. The summed E-state index contributed by atoms with van der Waals surface area (Å²) in [7, 11) is 1.57. The van der Waals surface area contributed by atoms with Gasteiger partial charge in [-0.1, -0.05) is 13.3 Å². The van der Waals surface area contributed by atoms with Crippen molar-refractivity contribution in [3.8, 4) is 0 Å². The van der Waals surface area contributed by atoms with Crippen LogP contribution in [0.15, 0.2) is 0 Å². The van der Waals surface area contributed by atoms with Crippen molar-refractivity contribution in [3.63, 3.8) is 0 Å². The maximum Gasteiger partial charge on any atom is 0.307 e. The number of carboxylic acids is 1. The molecule has 5 nitrogen and oxygen atoms in total. The van der Waals surface area contributed by atoms with E-state index in [-0.39, 0.29) is 11.9 Å². The molecule has 0 heterocycles. The van der Waals surface area contributed by atoms with Gasteiger partial charge in [-0.05, 0) is 25.7 Å². The quantitative estimate of drug-likeness (QED) is 0.751. The number of methoxy groups -OCH3 is 1. The maximum atomic E-state index is 12.1. The Kier molecular flexibility index (Phi) is 5.59. The number of carbonyl (C=O) groups excluding carboxylic acids is 1. The van der Waals surface area contributed by atoms with Gasteiger partial charge in [-0.15, -0.1) is 0 Å². The Morgan fingerprint density at radius 3 is 2.50 bits per heavy atom. The van der Waals surface area contributed by atoms with Crippen LogP contribution >= 0.6 is 0 Å². The van der Waals surface area contributed by atoms with Gasteiger partial charge in [0.15, 0.2) is 0 Å². The molecule has 0 spiro atoms. The molecule has 0 bridgehead atoms. The van der Waals surface area contributed by atoms with Gasteiger partial charge in [0.2, 0.25) is 5.91 Å². The number of ether oxygens (including phenoxy) is 1. The Morgan fingerprint density at radius 2 is 2.00 bits per heavy atom. The van der Waals surface area contributed by atoms with Gasteiger partial charge in [-0.3, -0.25) is 9.59 Å². The van der Waals surface area contributed by atoms with Crippen LogP contribution in [-0.4, -0.2) is 36.7 Å². The first-order valence-electron chi connectivity index (χ1n) is 6.51. The molecule has 0 aromatic heterocycles. The molecule has 1 saturated carbocycles. The van der Waals surface area contributed by atoms with Crippen molar-refractivity contribution in [1.82, 2.24) is 5.32 Å². The summed E-state index contributed by atoms with van der Waals surface area (Å²) in [6.07, 6.45) is 2.22. The molecule has 18 heavy (non-hydrogen) atoms. The molecule has 1 aliphatic rings. The van der Waals surface area contributed by atoms with Crippen LogP contribution in [0.5, 0.6) is 0 Å². The van der Waals surface area contributed by atoms with Gasteiger partial charge in [0, 0.05) is 13.2 Å². The highest BCUT2D eigenvalue weighted by molar-refractivity contribution is 5.85. The van der Waals surface area contributed by atoms with E-state index in [1.165, 1.54) is 0 Å². The normalized spacial score (nSPS) is 28.9. The second-order valence-electron chi connectivity index (χ2n) is 5.16. The fourth-order valence-electron chi connectivity index (χ4n) is 2.68. The van der Waals surface area contributed by atoms with Crippen molar-refractivity contribution in [2.75, 3.05) is 13.7 Å². The van der Waals surface area contributed by atoms with E-state index in [1.54, 1.807) is 7.11 Å². The predicted molar refractivity (Wildman–Crippen MR) is 67.1 cm³/mol. The van der Waals surface area contributed by atoms with Gasteiger partial charge in [0.1, 0.15) is 0 Å². The van der Waals surface area contributed by atoms with E-state index in [1.807, 2.05) is 13.8 Å². The third-order valence-electron chi connectivity index (χ3n) is 3.70. The van der Waals surface area contributed by atoms with E-state index in [4.69, 9.17) is 4.74 Å². The average molecular weight is 257 g/mol. The van der Waals surface area contributed by atoms with Crippen LogP contribution < -0.4 is 5.32 Å². The molecular weight excluding hydrogens is 234 g/mol. The summed E-state index contributed by atoms with van der Waals surface area (Å²) in [5.74, 6) is -1.59. The minimum atomic E-state index is -0.856. The van der Waals surface area contributed by atoms with Crippen LogP contribution in [0.25, 0.3) is 0 Å². The number of rotatable bonds is 6. The molecule has 2 N–H and O–H groups in total. The fraction of sp³-hybridized carbons (Fsp3) is 0.846. The van der Waals surface area contributed by atoms with Crippen molar-refractivity contribution in [2.45, 2.75) is 39.2 Å². The smallest absolute Gasteiger partial charge is 0.307 e. The lowest BCUT2D eigenvalue weighted by atomic mass is 9.95. The number of carbonyl (C=O) groups is 2. The molecule has 0 aliphatic heterocycles. The highest BCUT2D eigenvalue weighted by atomic mass is 16.5. The Morgan fingerprint density at radius 1 is 1.39 bits per heavy atom. The summed E-state index contributed by atoms with van der Waals surface area (Å²) < 4.78 is 4.95. The minimum absolute atomic E-state index is 0.0855. The molecule has 1 fully saturated rings. The van der Waals surface area contributed by atoms with Crippen LogP contribution in [0.3, 0.4) is 0 Å². The number of carboxylic acid groups (broad SMARTS) is 1. The molecule has 4 unspecified atom stereocenters. The molecule has 0 saturated heterocycles. The van der Waals surface area contributed by atoms with E-state index in [9.17, 15) is 14.7 Å². The van der Waals surface area contributed by atoms with Gasteiger partial charge in [0.25, 0.3) is 0 Å². The summed E-state index contributed by atoms with van der Waals surface area (Å²) in [6.45, 7) is 4.33. The molecule has 0 aromatic carbocycles. The molecular formula is C13H23NO4. The monoisotopic (exact) mass is 257 g/mol. The number of hydrogen-bond acceptors (Lipinski definition) is 3. The number of aliphatic carboxylic acids is 1. The Labute approximate surface area is 108 Å². The largest absolute Gasteiger partial charge is 0.481 e. The lowest BCUT2D eigenvalue weighted by molar-refractivity contribution is -0.146. The van der Waals surface area contributed by atoms with Crippen LogP contribution in [-0.2, 0) is 14.3 Å². The molecule has 4 atom stereocenters. The van der Waals surface area contributed by atoms with Crippen LogP contribution in [0, 0.1) is 17.8 Å². The molecule has 0 radical (unpaired) electrons. The van der Waals surface area contributed by atoms with Crippen molar-refractivity contribution >= 4 is 11.9 Å². The number of hydrogen-bond donors (Lipinski definition) is 2.